The van der Waals surface area contributed by atoms with Crippen LogP contribution in [-0.2, 0) is 13.1 Å². The molecule has 5 heterocycles. The van der Waals surface area contributed by atoms with Gasteiger partial charge in [0.05, 0.1) is 34.8 Å². The number of benzene rings is 2. The van der Waals surface area contributed by atoms with Crippen molar-refractivity contribution in [3.63, 3.8) is 0 Å². The summed E-state index contributed by atoms with van der Waals surface area (Å²) in [5.41, 5.74) is 8.97. The highest BCUT2D eigenvalue weighted by atomic mass is 19.1. The smallest absolute Gasteiger partial charge is 0.123 e. The highest BCUT2D eigenvalue weighted by Crippen LogP contribution is 2.34. The molecular weight excluding hydrogens is 501 g/mol. The Balaban J connectivity index is 1.20. The Labute approximate surface area is 229 Å². The third-order valence-corrected chi connectivity index (χ3v) is 6.98. The standard InChI is InChI=1S/C32H24FN7/c33-24-8-4-7-22(10-24)27-17-36-18-30-25(27)11-29(38-30)32-26-12-28(37-19-31(26)39-40-32)23-9-21(15-35-16-23)14-34-13-20-5-2-1-3-6-20/h1-12,15-19,34,38H,13-14H2,(H,39,40). The molecule has 0 bridgehead atoms. The van der Waals surface area contributed by atoms with Crippen LogP contribution in [0.15, 0.2) is 104 Å². The topological polar surface area (TPSA) is 95.2 Å². The van der Waals surface area contributed by atoms with Gasteiger partial charge in [-0.3, -0.25) is 20.1 Å². The fourth-order valence-corrected chi connectivity index (χ4v) is 5.02. The number of rotatable bonds is 7. The minimum absolute atomic E-state index is 0.283. The van der Waals surface area contributed by atoms with Gasteiger partial charge in [0, 0.05) is 53.6 Å². The Morgan fingerprint density at radius 1 is 0.700 bits per heavy atom. The number of fused-ring (bicyclic) bond motifs is 2. The van der Waals surface area contributed by atoms with Gasteiger partial charge in [0.2, 0.25) is 0 Å². The lowest BCUT2D eigenvalue weighted by atomic mass is 10.0. The molecule has 0 atom stereocenters. The Morgan fingerprint density at radius 3 is 2.48 bits per heavy atom. The Kier molecular flexibility index (Phi) is 6.07. The lowest BCUT2D eigenvalue weighted by Crippen LogP contribution is -2.12. The second-order valence-electron chi connectivity index (χ2n) is 9.70. The molecule has 7 nitrogen and oxygen atoms in total. The number of aromatic amines is 2. The van der Waals surface area contributed by atoms with Crippen molar-refractivity contribution in [1.29, 1.82) is 0 Å². The summed E-state index contributed by atoms with van der Waals surface area (Å²) in [5.74, 6) is -0.283. The molecule has 0 spiro atoms. The number of aromatic nitrogens is 6. The maximum atomic E-state index is 13.9. The van der Waals surface area contributed by atoms with E-state index in [0.717, 1.165) is 67.7 Å². The molecule has 7 rings (SSSR count). The van der Waals surface area contributed by atoms with Crippen molar-refractivity contribution in [3.8, 4) is 33.8 Å². The SMILES string of the molecule is Fc1cccc(-c2cncc3[nH]c(-c4n[nH]c5cnc(-c6cncc(CNCc7ccccc7)c6)cc45)cc23)c1. The van der Waals surface area contributed by atoms with Gasteiger partial charge in [0.15, 0.2) is 0 Å². The number of nitrogens with zero attached hydrogens (tertiary/aromatic N) is 4. The molecule has 0 saturated carbocycles. The van der Waals surface area contributed by atoms with Crippen molar-refractivity contribution in [2.45, 2.75) is 13.1 Å². The largest absolute Gasteiger partial charge is 0.352 e. The zero-order valence-electron chi connectivity index (χ0n) is 21.4. The Hall–Kier alpha value is -5.21. The van der Waals surface area contributed by atoms with Gasteiger partial charge in [-0.2, -0.15) is 5.10 Å². The molecule has 0 aliphatic rings. The molecule has 0 aliphatic heterocycles. The number of hydrogen-bond donors (Lipinski definition) is 3. The van der Waals surface area contributed by atoms with Crippen LogP contribution in [0.4, 0.5) is 4.39 Å². The molecule has 8 heteroatoms. The van der Waals surface area contributed by atoms with Crippen LogP contribution in [0.3, 0.4) is 0 Å². The zero-order valence-corrected chi connectivity index (χ0v) is 21.4. The third kappa shape index (κ3) is 4.61. The van der Waals surface area contributed by atoms with E-state index >= 15 is 0 Å². The second kappa shape index (κ2) is 10.2. The van der Waals surface area contributed by atoms with Crippen LogP contribution in [-0.4, -0.2) is 30.1 Å². The first kappa shape index (κ1) is 23.9. The lowest BCUT2D eigenvalue weighted by molar-refractivity contribution is 0.628. The summed E-state index contributed by atoms with van der Waals surface area (Å²) in [6.45, 7) is 1.49. The number of nitrogens with one attached hydrogen (secondary N) is 3. The predicted molar refractivity (Wildman–Crippen MR) is 155 cm³/mol. The van der Waals surface area contributed by atoms with Crippen LogP contribution in [0.25, 0.3) is 55.6 Å². The fraction of sp³-hybridized carbons (Fsp3) is 0.0625. The lowest BCUT2D eigenvalue weighted by Gasteiger charge is -2.07. The van der Waals surface area contributed by atoms with Crippen molar-refractivity contribution in [3.05, 3.63) is 121 Å². The molecule has 0 saturated heterocycles. The first-order chi connectivity index (χ1) is 19.7. The average molecular weight is 526 g/mol. The van der Waals surface area contributed by atoms with Gasteiger partial charge >= 0.3 is 0 Å². The molecular formula is C32H24FN7. The van der Waals surface area contributed by atoms with Gasteiger partial charge in [0.1, 0.15) is 11.5 Å². The van der Waals surface area contributed by atoms with Gasteiger partial charge in [0.25, 0.3) is 0 Å². The zero-order chi connectivity index (χ0) is 26.9. The van der Waals surface area contributed by atoms with Gasteiger partial charge < -0.3 is 10.3 Å². The molecule has 0 amide bonds. The van der Waals surface area contributed by atoms with E-state index in [0.29, 0.717) is 6.54 Å². The highest BCUT2D eigenvalue weighted by Gasteiger charge is 2.15. The molecule has 0 unspecified atom stereocenters. The number of H-pyrrole nitrogens is 2. The maximum absolute atomic E-state index is 13.9. The van der Waals surface area contributed by atoms with Crippen LogP contribution in [0.5, 0.6) is 0 Å². The normalized spacial score (nSPS) is 11.4. The van der Waals surface area contributed by atoms with Crippen LogP contribution in [0.2, 0.25) is 0 Å². The Morgan fingerprint density at radius 2 is 1.57 bits per heavy atom. The average Bonchev–Trinajstić information content (AvgIpc) is 3.62. The minimum Gasteiger partial charge on any atom is -0.352 e. The molecule has 3 N–H and O–H groups in total. The van der Waals surface area contributed by atoms with Crippen molar-refractivity contribution in [2.24, 2.45) is 0 Å². The quantitative estimate of drug-likeness (QED) is 0.216. The van der Waals surface area contributed by atoms with Gasteiger partial charge in [-0.1, -0.05) is 42.5 Å². The molecule has 7 aromatic rings. The van der Waals surface area contributed by atoms with Crippen LogP contribution in [0.1, 0.15) is 11.1 Å². The molecule has 2 aromatic carbocycles. The summed E-state index contributed by atoms with van der Waals surface area (Å²) in [6, 6.07) is 23.0. The van der Waals surface area contributed by atoms with Crippen LogP contribution >= 0.6 is 0 Å². The predicted octanol–water partition coefficient (Wildman–Crippen LogP) is 6.66. The van der Waals surface area contributed by atoms with Crippen molar-refractivity contribution >= 4 is 21.8 Å². The summed E-state index contributed by atoms with van der Waals surface area (Å²) in [7, 11) is 0. The van der Waals surface area contributed by atoms with Crippen molar-refractivity contribution < 1.29 is 4.39 Å². The molecule has 0 fully saturated rings. The first-order valence-corrected chi connectivity index (χ1v) is 13.0. The third-order valence-electron chi connectivity index (χ3n) is 6.98. The monoisotopic (exact) mass is 525 g/mol. The van der Waals surface area contributed by atoms with E-state index in [1.807, 2.05) is 48.8 Å². The number of pyridine rings is 3. The molecule has 0 aliphatic carbocycles. The summed E-state index contributed by atoms with van der Waals surface area (Å²) in [6.07, 6.45) is 9.02. The maximum Gasteiger partial charge on any atom is 0.123 e. The summed E-state index contributed by atoms with van der Waals surface area (Å²) >= 11 is 0. The summed E-state index contributed by atoms with van der Waals surface area (Å²) < 4.78 is 13.9. The van der Waals surface area contributed by atoms with E-state index in [9.17, 15) is 4.39 Å². The molecule has 5 aromatic heterocycles. The molecule has 194 valence electrons. The van der Waals surface area contributed by atoms with E-state index in [1.165, 1.54) is 17.7 Å². The van der Waals surface area contributed by atoms with Gasteiger partial charge in [-0.15, -0.1) is 0 Å². The summed E-state index contributed by atoms with van der Waals surface area (Å²) in [5, 5.41) is 13.1. The molecule has 0 radical (unpaired) electrons. The molecule has 40 heavy (non-hydrogen) atoms. The van der Waals surface area contributed by atoms with E-state index in [4.69, 9.17) is 0 Å². The van der Waals surface area contributed by atoms with Gasteiger partial charge in [-0.25, -0.2) is 4.39 Å². The van der Waals surface area contributed by atoms with Crippen LogP contribution in [0, 0.1) is 5.82 Å². The van der Waals surface area contributed by atoms with E-state index in [2.05, 4.69) is 53.6 Å². The van der Waals surface area contributed by atoms with E-state index in [-0.39, 0.29) is 5.82 Å². The van der Waals surface area contributed by atoms with E-state index in [1.54, 1.807) is 24.7 Å². The Bertz CT molecular complexity index is 1960. The van der Waals surface area contributed by atoms with Gasteiger partial charge in [-0.05, 0) is 47.0 Å². The summed E-state index contributed by atoms with van der Waals surface area (Å²) in [4.78, 5) is 16.9. The second-order valence-corrected chi connectivity index (χ2v) is 9.70. The van der Waals surface area contributed by atoms with Crippen LogP contribution < -0.4 is 5.32 Å². The van der Waals surface area contributed by atoms with E-state index < -0.39 is 0 Å². The highest BCUT2D eigenvalue weighted by molar-refractivity contribution is 6.01. The fourth-order valence-electron chi connectivity index (χ4n) is 5.02. The first-order valence-electron chi connectivity index (χ1n) is 13.0. The minimum atomic E-state index is -0.283. The van der Waals surface area contributed by atoms with Crippen molar-refractivity contribution in [2.75, 3.05) is 0 Å². The van der Waals surface area contributed by atoms with Crippen molar-refractivity contribution in [1.82, 2.24) is 35.5 Å². The number of hydrogen-bond acceptors (Lipinski definition) is 5. The number of halogens is 1.